The van der Waals surface area contributed by atoms with Gasteiger partial charge in [-0.1, -0.05) is 13.8 Å². The first kappa shape index (κ1) is 15.9. The molecule has 0 aliphatic rings. The van der Waals surface area contributed by atoms with Gasteiger partial charge in [0, 0.05) is 6.61 Å². The first-order valence-corrected chi connectivity index (χ1v) is 9.52. The van der Waals surface area contributed by atoms with Crippen LogP contribution < -0.4 is 0 Å². The molecule has 0 spiro atoms. The van der Waals surface area contributed by atoms with Crippen LogP contribution in [0.25, 0.3) is 0 Å². The molecule has 15 heavy (non-hydrogen) atoms. The van der Waals surface area contributed by atoms with Crippen LogP contribution in [0.3, 0.4) is 0 Å². The fourth-order valence-corrected chi connectivity index (χ4v) is 4.45. The lowest BCUT2D eigenvalue weighted by atomic mass is 10.5. The average molecular weight is 272 g/mol. The molecule has 0 unspecified atom stereocenters. The summed E-state index contributed by atoms with van der Waals surface area (Å²) in [6.45, 7) is 8.12. The van der Waals surface area contributed by atoms with Crippen LogP contribution in [-0.2, 0) is 25.6 Å². The molecule has 92 valence electrons. The van der Waals surface area contributed by atoms with Gasteiger partial charge in [0.05, 0.1) is 13.2 Å². The fourth-order valence-electron chi connectivity index (χ4n) is 0.703. The standard InChI is InChI=1S/C9H21O3PS2/c1-4-7-11-13(14,12-8-5-2)15-9-10-6-3/h4-9H2,1-3H3. The average Bonchev–Trinajstić information content (AvgIpc) is 2.24. The van der Waals surface area contributed by atoms with Gasteiger partial charge in [0.1, 0.15) is 5.94 Å². The zero-order chi connectivity index (χ0) is 11.6. The topological polar surface area (TPSA) is 27.7 Å². The first-order valence-electron chi connectivity index (χ1n) is 5.29. The van der Waals surface area contributed by atoms with E-state index < -0.39 is 5.69 Å². The van der Waals surface area contributed by atoms with E-state index in [0.29, 0.717) is 25.8 Å². The van der Waals surface area contributed by atoms with Crippen molar-refractivity contribution in [2.24, 2.45) is 0 Å². The molecule has 0 aromatic rings. The quantitative estimate of drug-likeness (QED) is 0.343. The summed E-state index contributed by atoms with van der Waals surface area (Å²) in [5.74, 6) is 0.557. The predicted molar refractivity (Wildman–Crippen MR) is 70.9 cm³/mol. The lowest BCUT2D eigenvalue weighted by Gasteiger charge is -2.20. The van der Waals surface area contributed by atoms with Crippen LogP contribution in [0, 0.1) is 0 Å². The van der Waals surface area contributed by atoms with Gasteiger partial charge in [0.15, 0.2) is 0 Å². The van der Waals surface area contributed by atoms with E-state index in [1.165, 1.54) is 11.4 Å². The summed E-state index contributed by atoms with van der Waals surface area (Å²) in [6.07, 6.45) is 1.92. The predicted octanol–water partition coefficient (Wildman–Crippen LogP) is 3.79. The van der Waals surface area contributed by atoms with Gasteiger partial charge in [-0.3, -0.25) is 0 Å². The summed E-state index contributed by atoms with van der Waals surface area (Å²) in [5, 5.41) is 0. The fraction of sp³-hybridized carbons (Fsp3) is 1.00. The Hall–Kier alpha value is 0.880. The zero-order valence-electron chi connectivity index (χ0n) is 9.73. The second-order valence-electron chi connectivity index (χ2n) is 2.85. The second kappa shape index (κ2) is 10.1. The van der Waals surface area contributed by atoms with Gasteiger partial charge in [0.2, 0.25) is 5.69 Å². The molecule has 0 saturated heterocycles. The number of hydrogen-bond donors (Lipinski definition) is 0. The van der Waals surface area contributed by atoms with E-state index in [2.05, 4.69) is 13.8 Å². The number of hydrogen-bond acceptors (Lipinski definition) is 5. The van der Waals surface area contributed by atoms with Crippen molar-refractivity contribution in [3.63, 3.8) is 0 Å². The van der Waals surface area contributed by atoms with Crippen molar-refractivity contribution in [1.29, 1.82) is 0 Å². The molecule has 0 aromatic heterocycles. The molecular formula is C9H21O3PS2. The Labute approximate surface area is 102 Å². The van der Waals surface area contributed by atoms with Crippen molar-refractivity contribution in [3.8, 4) is 0 Å². The van der Waals surface area contributed by atoms with E-state index in [-0.39, 0.29) is 0 Å². The van der Waals surface area contributed by atoms with Crippen LogP contribution in [0.2, 0.25) is 0 Å². The minimum absolute atomic E-state index is 0.557. The lowest BCUT2D eigenvalue weighted by Crippen LogP contribution is -1.97. The van der Waals surface area contributed by atoms with E-state index in [1.54, 1.807) is 0 Å². The highest BCUT2D eigenvalue weighted by Crippen LogP contribution is 2.61. The van der Waals surface area contributed by atoms with E-state index in [1.807, 2.05) is 6.92 Å². The third kappa shape index (κ3) is 8.66. The Morgan fingerprint density at radius 1 is 1.07 bits per heavy atom. The Kier molecular flexibility index (Phi) is 10.7. The maximum atomic E-state index is 5.61. The van der Waals surface area contributed by atoms with Crippen molar-refractivity contribution in [2.75, 3.05) is 25.8 Å². The summed E-state index contributed by atoms with van der Waals surface area (Å²) >= 11 is 6.88. The Morgan fingerprint density at radius 2 is 1.60 bits per heavy atom. The van der Waals surface area contributed by atoms with Crippen molar-refractivity contribution in [1.82, 2.24) is 0 Å². The largest absolute Gasteiger partial charge is 0.371 e. The summed E-state index contributed by atoms with van der Waals surface area (Å²) in [7, 11) is 0. The van der Waals surface area contributed by atoms with Crippen molar-refractivity contribution >= 4 is 28.9 Å². The third-order valence-corrected chi connectivity index (χ3v) is 6.47. The van der Waals surface area contributed by atoms with Crippen LogP contribution >= 0.6 is 17.1 Å². The SMILES string of the molecule is CCCOP(=S)(OCCC)SCOCC. The van der Waals surface area contributed by atoms with Crippen LogP contribution in [0.15, 0.2) is 0 Å². The van der Waals surface area contributed by atoms with Crippen LogP contribution in [0.5, 0.6) is 0 Å². The Balaban J connectivity index is 3.96. The molecule has 0 saturated carbocycles. The molecule has 0 aliphatic carbocycles. The molecule has 0 amide bonds. The molecule has 0 fully saturated rings. The van der Waals surface area contributed by atoms with E-state index in [9.17, 15) is 0 Å². The van der Waals surface area contributed by atoms with E-state index in [0.717, 1.165) is 12.8 Å². The maximum Gasteiger partial charge on any atom is 0.249 e. The van der Waals surface area contributed by atoms with Crippen molar-refractivity contribution < 1.29 is 13.8 Å². The van der Waals surface area contributed by atoms with Gasteiger partial charge in [-0.2, -0.15) is 0 Å². The number of rotatable bonds is 10. The molecular weight excluding hydrogens is 251 g/mol. The smallest absolute Gasteiger partial charge is 0.249 e. The Bertz CT molecular complexity index is 178. The molecule has 0 radical (unpaired) electrons. The third-order valence-electron chi connectivity index (χ3n) is 1.41. The zero-order valence-corrected chi connectivity index (χ0v) is 12.3. The molecule has 0 aliphatic heterocycles. The van der Waals surface area contributed by atoms with Gasteiger partial charge in [0.25, 0.3) is 0 Å². The highest BCUT2D eigenvalue weighted by Gasteiger charge is 2.19. The van der Waals surface area contributed by atoms with Crippen LogP contribution in [0.4, 0.5) is 0 Å². The van der Waals surface area contributed by atoms with Gasteiger partial charge in [-0.05, 0) is 43.0 Å². The van der Waals surface area contributed by atoms with Gasteiger partial charge < -0.3 is 13.8 Å². The number of ether oxygens (including phenoxy) is 1. The molecule has 0 rings (SSSR count). The first-order chi connectivity index (χ1) is 7.18. The lowest BCUT2D eigenvalue weighted by molar-refractivity contribution is 0.199. The summed E-state index contributed by atoms with van der Waals surface area (Å²) < 4.78 is 16.5. The van der Waals surface area contributed by atoms with E-state index in [4.69, 9.17) is 25.6 Å². The molecule has 6 heteroatoms. The summed E-state index contributed by atoms with van der Waals surface area (Å²) in [6, 6.07) is 0. The molecule has 0 heterocycles. The maximum absolute atomic E-state index is 5.61. The second-order valence-corrected chi connectivity index (χ2v) is 9.11. The van der Waals surface area contributed by atoms with Gasteiger partial charge in [-0.15, -0.1) is 0 Å². The highest BCUT2D eigenvalue weighted by molar-refractivity contribution is 8.67. The summed E-state index contributed by atoms with van der Waals surface area (Å²) in [5.41, 5.74) is -2.16. The van der Waals surface area contributed by atoms with Gasteiger partial charge in [-0.25, -0.2) is 0 Å². The van der Waals surface area contributed by atoms with Crippen molar-refractivity contribution in [3.05, 3.63) is 0 Å². The minimum atomic E-state index is -2.16. The molecule has 0 bridgehead atoms. The minimum Gasteiger partial charge on any atom is -0.371 e. The molecule has 0 aromatic carbocycles. The summed E-state index contributed by atoms with van der Waals surface area (Å²) in [4.78, 5) is 0. The van der Waals surface area contributed by atoms with Crippen LogP contribution in [0.1, 0.15) is 33.6 Å². The molecule has 3 nitrogen and oxygen atoms in total. The highest BCUT2D eigenvalue weighted by atomic mass is 32.9. The normalized spacial score (nSPS) is 11.9. The van der Waals surface area contributed by atoms with Crippen molar-refractivity contribution in [2.45, 2.75) is 33.6 Å². The van der Waals surface area contributed by atoms with Gasteiger partial charge >= 0.3 is 0 Å². The van der Waals surface area contributed by atoms with E-state index >= 15 is 0 Å². The molecule has 0 N–H and O–H groups in total. The monoisotopic (exact) mass is 272 g/mol. The Morgan fingerprint density at radius 3 is 2.00 bits per heavy atom. The molecule has 0 atom stereocenters. The van der Waals surface area contributed by atoms with Crippen LogP contribution in [-0.4, -0.2) is 25.8 Å².